The smallest absolute Gasteiger partial charge is 0.208 e. The van der Waals surface area contributed by atoms with Crippen molar-refractivity contribution in [2.45, 2.75) is 38.6 Å². The van der Waals surface area contributed by atoms with Crippen LogP contribution in [0.25, 0.3) is 0 Å². The van der Waals surface area contributed by atoms with E-state index in [0.29, 0.717) is 5.82 Å². The first-order valence-corrected chi connectivity index (χ1v) is 5.86. The quantitative estimate of drug-likeness (QED) is 0.790. The molecular weight excluding hydrogens is 208 g/mol. The van der Waals surface area contributed by atoms with E-state index in [-0.39, 0.29) is 4.99 Å². The van der Waals surface area contributed by atoms with Crippen LogP contribution >= 0.6 is 12.2 Å². The summed E-state index contributed by atoms with van der Waals surface area (Å²) in [4.78, 5) is 4.34. The van der Waals surface area contributed by atoms with E-state index in [1.807, 2.05) is 4.68 Å². The standard InChI is InChI=1S/C10H16N4S/c11-9(15)10-12-7-14(13-10)6-8-4-2-1-3-5-8/h7-8H,1-6H2,(H2,11,15). The second-order valence-electron chi connectivity index (χ2n) is 4.16. The molecule has 0 spiro atoms. The number of hydrogen-bond donors (Lipinski definition) is 1. The van der Waals surface area contributed by atoms with E-state index in [0.717, 1.165) is 12.5 Å². The second kappa shape index (κ2) is 4.70. The summed E-state index contributed by atoms with van der Waals surface area (Å²) >= 11 is 4.82. The average molecular weight is 224 g/mol. The van der Waals surface area contributed by atoms with Crippen molar-refractivity contribution in [3.63, 3.8) is 0 Å². The molecule has 0 bridgehead atoms. The van der Waals surface area contributed by atoms with E-state index >= 15 is 0 Å². The lowest BCUT2D eigenvalue weighted by Gasteiger charge is -2.20. The van der Waals surface area contributed by atoms with Crippen molar-refractivity contribution >= 4 is 17.2 Å². The predicted octanol–water partition coefficient (Wildman–Crippen LogP) is 1.49. The van der Waals surface area contributed by atoms with Crippen molar-refractivity contribution in [3.05, 3.63) is 12.2 Å². The molecule has 4 nitrogen and oxygen atoms in total. The summed E-state index contributed by atoms with van der Waals surface area (Å²) in [6, 6.07) is 0. The normalized spacial score (nSPS) is 17.9. The van der Waals surface area contributed by atoms with Gasteiger partial charge in [-0.1, -0.05) is 31.5 Å². The molecule has 1 aliphatic rings. The van der Waals surface area contributed by atoms with Crippen molar-refractivity contribution in [1.82, 2.24) is 14.8 Å². The predicted molar refractivity (Wildman–Crippen MR) is 62.5 cm³/mol. The molecule has 0 radical (unpaired) electrons. The summed E-state index contributed by atoms with van der Waals surface area (Å²) in [5.41, 5.74) is 5.45. The van der Waals surface area contributed by atoms with Gasteiger partial charge in [0.25, 0.3) is 0 Å². The highest BCUT2D eigenvalue weighted by Crippen LogP contribution is 2.24. The molecular formula is C10H16N4S. The largest absolute Gasteiger partial charge is 0.387 e. The monoisotopic (exact) mass is 224 g/mol. The van der Waals surface area contributed by atoms with Crippen LogP contribution < -0.4 is 5.73 Å². The SMILES string of the molecule is NC(=S)c1ncn(CC2CCCCC2)n1. The Morgan fingerprint density at radius 3 is 2.80 bits per heavy atom. The summed E-state index contributed by atoms with van der Waals surface area (Å²) in [6.45, 7) is 0.954. The molecule has 1 aliphatic carbocycles. The van der Waals surface area contributed by atoms with Crippen molar-refractivity contribution in [2.24, 2.45) is 11.7 Å². The van der Waals surface area contributed by atoms with Crippen LogP contribution in [0, 0.1) is 5.92 Å². The molecule has 15 heavy (non-hydrogen) atoms. The summed E-state index contributed by atoms with van der Waals surface area (Å²) in [7, 11) is 0. The van der Waals surface area contributed by atoms with Crippen LogP contribution in [0.4, 0.5) is 0 Å². The van der Waals surface area contributed by atoms with Crippen LogP contribution in [-0.4, -0.2) is 19.8 Å². The summed E-state index contributed by atoms with van der Waals surface area (Å²) < 4.78 is 1.87. The summed E-state index contributed by atoms with van der Waals surface area (Å²) in [5.74, 6) is 1.24. The molecule has 82 valence electrons. The number of nitrogens with two attached hydrogens (primary N) is 1. The first-order valence-electron chi connectivity index (χ1n) is 5.45. The average Bonchev–Trinajstić information content (AvgIpc) is 2.68. The maximum atomic E-state index is 5.45. The van der Waals surface area contributed by atoms with Gasteiger partial charge in [-0.2, -0.15) is 0 Å². The zero-order valence-electron chi connectivity index (χ0n) is 8.72. The van der Waals surface area contributed by atoms with Crippen molar-refractivity contribution in [3.8, 4) is 0 Å². The van der Waals surface area contributed by atoms with Gasteiger partial charge in [-0.25, -0.2) is 4.98 Å². The van der Waals surface area contributed by atoms with Crippen LogP contribution in [-0.2, 0) is 6.54 Å². The highest BCUT2D eigenvalue weighted by Gasteiger charge is 2.14. The summed E-state index contributed by atoms with van der Waals surface area (Å²) in [6.07, 6.45) is 8.42. The summed E-state index contributed by atoms with van der Waals surface area (Å²) in [5, 5.41) is 4.24. The van der Waals surface area contributed by atoms with E-state index in [1.165, 1.54) is 32.1 Å². The molecule has 1 fully saturated rings. The Kier molecular flexibility index (Phi) is 3.30. The molecule has 0 amide bonds. The van der Waals surface area contributed by atoms with Crippen LogP contribution in [0.15, 0.2) is 6.33 Å². The minimum Gasteiger partial charge on any atom is -0.387 e. The first-order chi connectivity index (χ1) is 7.25. The van der Waals surface area contributed by atoms with Gasteiger partial charge >= 0.3 is 0 Å². The lowest BCUT2D eigenvalue weighted by molar-refractivity contribution is 0.308. The van der Waals surface area contributed by atoms with E-state index in [2.05, 4.69) is 10.1 Å². The lowest BCUT2D eigenvalue weighted by Crippen LogP contribution is -2.16. The van der Waals surface area contributed by atoms with Crippen molar-refractivity contribution in [2.75, 3.05) is 0 Å². The van der Waals surface area contributed by atoms with Gasteiger partial charge in [-0.3, -0.25) is 4.68 Å². The van der Waals surface area contributed by atoms with Crippen LogP contribution in [0.2, 0.25) is 0 Å². The number of hydrogen-bond acceptors (Lipinski definition) is 3. The van der Waals surface area contributed by atoms with Gasteiger partial charge in [0, 0.05) is 6.54 Å². The van der Waals surface area contributed by atoms with E-state index in [9.17, 15) is 0 Å². The molecule has 1 heterocycles. The molecule has 0 aromatic carbocycles. The molecule has 1 aromatic rings. The fraction of sp³-hybridized carbons (Fsp3) is 0.700. The molecule has 0 aliphatic heterocycles. The molecule has 5 heteroatoms. The highest BCUT2D eigenvalue weighted by molar-refractivity contribution is 7.80. The molecule has 2 N–H and O–H groups in total. The number of aromatic nitrogens is 3. The third kappa shape index (κ3) is 2.75. The van der Waals surface area contributed by atoms with E-state index in [1.54, 1.807) is 6.33 Å². The molecule has 0 atom stereocenters. The molecule has 0 saturated heterocycles. The van der Waals surface area contributed by atoms with Crippen LogP contribution in [0.3, 0.4) is 0 Å². The molecule has 2 rings (SSSR count). The van der Waals surface area contributed by atoms with Gasteiger partial charge in [0.15, 0.2) is 0 Å². The second-order valence-corrected chi connectivity index (χ2v) is 4.60. The van der Waals surface area contributed by atoms with E-state index < -0.39 is 0 Å². The van der Waals surface area contributed by atoms with Crippen molar-refractivity contribution in [1.29, 1.82) is 0 Å². The third-order valence-corrected chi connectivity index (χ3v) is 3.11. The maximum Gasteiger partial charge on any atom is 0.208 e. The van der Waals surface area contributed by atoms with E-state index in [4.69, 9.17) is 18.0 Å². The third-order valence-electron chi connectivity index (χ3n) is 2.93. The number of thiocarbonyl (C=S) groups is 1. The Balaban J connectivity index is 1.94. The zero-order valence-corrected chi connectivity index (χ0v) is 9.54. The Hall–Kier alpha value is -0.970. The van der Waals surface area contributed by atoms with Crippen molar-refractivity contribution < 1.29 is 0 Å². The van der Waals surface area contributed by atoms with Gasteiger partial charge in [0.2, 0.25) is 5.82 Å². The Labute approximate surface area is 94.9 Å². The fourth-order valence-corrected chi connectivity index (χ4v) is 2.22. The Bertz CT molecular complexity index is 341. The molecule has 1 saturated carbocycles. The topological polar surface area (TPSA) is 56.7 Å². The van der Waals surface area contributed by atoms with Crippen LogP contribution in [0.1, 0.15) is 37.9 Å². The molecule has 1 aromatic heterocycles. The van der Waals surface area contributed by atoms with Crippen LogP contribution in [0.5, 0.6) is 0 Å². The fourth-order valence-electron chi connectivity index (χ4n) is 2.13. The highest BCUT2D eigenvalue weighted by atomic mass is 32.1. The number of rotatable bonds is 3. The first kappa shape index (κ1) is 10.5. The Morgan fingerprint density at radius 1 is 1.47 bits per heavy atom. The van der Waals surface area contributed by atoms with Gasteiger partial charge in [0.05, 0.1) is 0 Å². The number of nitrogens with zero attached hydrogens (tertiary/aromatic N) is 3. The zero-order chi connectivity index (χ0) is 10.7. The van der Waals surface area contributed by atoms with Gasteiger partial charge < -0.3 is 5.73 Å². The van der Waals surface area contributed by atoms with Gasteiger partial charge in [0.1, 0.15) is 11.3 Å². The maximum absolute atomic E-state index is 5.45. The Morgan fingerprint density at radius 2 is 2.20 bits per heavy atom. The lowest BCUT2D eigenvalue weighted by atomic mass is 9.89. The minimum atomic E-state index is 0.275. The van der Waals surface area contributed by atoms with Gasteiger partial charge in [-0.05, 0) is 18.8 Å². The minimum absolute atomic E-state index is 0.275. The molecule has 0 unspecified atom stereocenters. The van der Waals surface area contributed by atoms with Gasteiger partial charge in [-0.15, -0.1) is 5.10 Å².